The first kappa shape index (κ1) is 22.5. The predicted molar refractivity (Wildman–Crippen MR) is 125 cm³/mol. The van der Waals surface area contributed by atoms with Gasteiger partial charge in [0.05, 0.1) is 31.6 Å². The van der Waals surface area contributed by atoms with Gasteiger partial charge < -0.3 is 19.2 Å². The lowest BCUT2D eigenvalue weighted by atomic mass is 10.0. The van der Waals surface area contributed by atoms with Gasteiger partial charge in [-0.2, -0.15) is 0 Å². The van der Waals surface area contributed by atoms with Crippen molar-refractivity contribution in [3.63, 3.8) is 0 Å². The molecule has 1 N–H and O–H groups in total. The molecule has 2 aromatic carbocycles. The van der Waals surface area contributed by atoms with E-state index in [1.54, 1.807) is 54.6 Å². The maximum Gasteiger partial charge on any atom is 0.278 e. The van der Waals surface area contributed by atoms with Crippen LogP contribution in [0, 0.1) is 0 Å². The third kappa shape index (κ3) is 4.73. The Balaban J connectivity index is 1.73. The molecular weight excluding hydrogens is 444 g/mol. The number of hydrogen-bond acceptors (Lipinski definition) is 6. The molecule has 0 fully saturated rings. The molecule has 0 bridgehead atoms. The van der Waals surface area contributed by atoms with Crippen LogP contribution in [-0.2, 0) is 16.1 Å². The van der Waals surface area contributed by atoms with E-state index < -0.39 is 11.8 Å². The molecule has 0 aliphatic carbocycles. The van der Waals surface area contributed by atoms with Crippen LogP contribution in [0.2, 0.25) is 5.02 Å². The summed E-state index contributed by atoms with van der Waals surface area (Å²) in [6, 6.07) is 15.5. The molecule has 170 valence electrons. The zero-order valence-electron chi connectivity index (χ0n) is 18.3. The van der Waals surface area contributed by atoms with E-state index >= 15 is 0 Å². The molecule has 33 heavy (non-hydrogen) atoms. The lowest BCUT2D eigenvalue weighted by molar-refractivity contribution is -0.137. The molecule has 0 atom stereocenters. The largest absolute Gasteiger partial charge is 0.490 e. The molecule has 2 heterocycles. The summed E-state index contributed by atoms with van der Waals surface area (Å²) in [5, 5.41) is 3.66. The Labute approximate surface area is 196 Å². The van der Waals surface area contributed by atoms with Crippen molar-refractivity contribution in [2.45, 2.75) is 20.4 Å². The number of benzene rings is 2. The predicted octanol–water partition coefficient (Wildman–Crippen LogP) is 5.12. The molecule has 7 nitrogen and oxygen atoms in total. The van der Waals surface area contributed by atoms with Gasteiger partial charge in [-0.3, -0.25) is 14.5 Å². The van der Waals surface area contributed by atoms with E-state index in [2.05, 4.69) is 5.32 Å². The molecule has 1 aromatic heterocycles. The molecule has 2 amide bonds. The number of nitrogens with zero attached hydrogens (tertiary/aromatic N) is 1. The fraction of sp³-hybridized carbons (Fsp3) is 0.200. The van der Waals surface area contributed by atoms with E-state index in [1.807, 2.05) is 13.8 Å². The monoisotopic (exact) mass is 466 g/mol. The van der Waals surface area contributed by atoms with Crippen molar-refractivity contribution in [3.05, 3.63) is 82.9 Å². The normalized spacial score (nSPS) is 13.6. The first-order chi connectivity index (χ1) is 16.0. The average molecular weight is 467 g/mol. The van der Waals surface area contributed by atoms with Crippen LogP contribution in [0.4, 0.5) is 5.69 Å². The SMILES string of the molecule is CCOc1ccc(NC2=C(c3ccc(Cl)cc3)C(=O)N(Cc3ccco3)C2=O)cc1OCC. The highest BCUT2D eigenvalue weighted by molar-refractivity contribution is 6.36. The Kier molecular flexibility index (Phi) is 6.70. The Morgan fingerprint density at radius 1 is 0.939 bits per heavy atom. The lowest BCUT2D eigenvalue weighted by Crippen LogP contribution is -2.31. The number of carbonyl (C=O) groups excluding carboxylic acids is 2. The van der Waals surface area contributed by atoms with Gasteiger partial charge in [-0.25, -0.2) is 0 Å². The van der Waals surface area contributed by atoms with Crippen molar-refractivity contribution in [1.82, 2.24) is 4.90 Å². The summed E-state index contributed by atoms with van der Waals surface area (Å²) in [4.78, 5) is 27.8. The van der Waals surface area contributed by atoms with Crippen LogP contribution in [0.3, 0.4) is 0 Å². The number of ether oxygens (including phenoxy) is 2. The third-order valence-corrected chi connectivity index (χ3v) is 5.26. The van der Waals surface area contributed by atoms with Gasteiger partial charge in [0.15, 0.2) is 11.5 Å². The van der Waals surface area contributed by atoms with Gasteiger partial charge in [-0.05, 0) is 55.8 Å². The average Bonchev–Trinajstić information content (AvgIpc) is 3.40. The second-order valence-corrected chi connectivity index (χ2v) is 7.62. The zero-order valence-corrected chi connectivity index (χ0v) is 19.0. The molecule has 0 saturated heterocycles. The summed E-state index contributed by atoms with van der Waals surface area (Å²) in [7, 11) is 0. The Hall–Kier alpha value is -3.71. The first-order valence-corrected chi connectivity index (χ1v) is 10.9. The van der Waals surface area contributed by atoms with Crippen LogP contribution < -0.4 is 14.8 Å². The van der Waals surface area contributed by atoms with Crippen molar-refractivity contribution >= 4 is 34.7 Å². The Bertz CT molecular complexity index is 1190. The summed E-state index contributed by atoms with van der Waals surface area (Å²) < 4.78 is 16.6. The fourth-order valence-electron chi connectivity index (χ4n) is 3.55. The molecule has 3 aromatic rings. The number of hydrogen-bond donors (Lipinski definition) is 1. The maximum atomic E-state index is 13.3. The van der Waals surface area contributed by atoms with Crippen molar-refractivity contribution in [1.29, 1.82) is 0 Å². The fourth-order valence-corrected chi connectivity index (χ4v) is 3.68. The summed E-state index contributed by atoms with van der Waals surface area (Å²) in [6.45, 7) is 4.74. The summed E-state index contributed by atoms with van der Waals surface area (Å²) in [5.41, 5.74) is 1.60. The van der Waals surface area contributed by atoms with E-state index in [0.717, 1.165) is 4.90 Å². The van der Waals surface area contributed by atoms with Gasteiger partial charge in [0.25, 0.3) is 11.8 Å². The number of carbonyl (C=O) groups is 2. The number of furan rings is 1. The van der Waals surface area contributed by atoms with E-state index in [-0.39, 0.29) is 17.8 Å². The molecule has 8 heteroatoms. The summed E-state index contributed by atoms with van der Waals surface area (Å²) in [6.07, 6.45) is 1.50. The lowest BCUT2D eigenvalue weighted by Gasteiger charge is -2.15. The van der Waals surface area contributed by atoms with E-state index in [0.29, 0.717) is 46.7 Å². The number of halogens is 1. The summed E-state index contributed by atoms with van der Waals surface area (Å²) >= 11 is 6.03. The Morgan fingerprint density at radius 3 is 2.33 bits per heavy atom. The molecule has 4 rings (SSSR count). The van der Waals surface area contributed by atoms with Gasteiger partial charge >= 0.3 is 0 Å². The van der Waals surface area contributed by atoms with Crippen molar-refractivity contribution in [2.75, 3.05) is 18.5 Å². The Morgan fingerprint density at radius 2 is 1.67 bits per heavy atom. The highest BCUT2D eigenvalue weighted by Gasteiger charge is 2.39. The number of anilines is 1. The van der Waals surface area contributed by atoms with Gasteiger partial charge in [-0.15, -0.1) is 0 Å². The highest BCUT2D eigenvalue weighted by atomic mass is 35.5. The minimum atomic E-state index is -0.451. The van der Waals surface area contributed by atoms with Gasteiger partial charge in [0, 0.05) is 16.8 Å². The first-order valence-electron chi connectivity index (χ1n) is 10.6. The van der Waals surface area contributed by atoms with E-state index in [9.17, 15) is 9.59 Å². The molecule has 0 saturated carbocycles. The second-order valence-electron chi connectivity index (χ2n) is 7.19. The van der Waals surface area contributed by atoms with Crippen LogP contribution in [0.1, 0.15) is 25.2 Å². The quantitative estimate of drug-likeness (QED) is 0.441. The standard InChI is InChI=1S/C25H23ClN2O5/c1-3-31-20-12-11-18(14-21(20)32-4-2)27-23-22(16-7-9-17(26)10-8-16)24(29)28(25(23)30)15-19-6-5-13-33-19/h5-14,27H,3-4,15H2,1-2H3. The summed E-state index contributed by atoms with van der Waals surface area (Å²) in [5.74, 6) is 0.783. The van der Waals surface area contributed by atoms with Gasteiger partial charge in [0.2, 0.25) is 0 Å². The number of amides is 2. The third-order valence-electron chi connectivity index (χ3n) is 5.01. The number of imide groups is 1. The van der Waals surface area contributed by atoms with Crippen molar-refractivity contribution < 1.29 is 23.5 Å². The maximum absolute atomic E-state index is 13.3. The molecule has 0 unspecified atom stereocenters. The number of nitrogens with one attached hydrogen (secondary N) is 1. The molecule has 0 spiro atoms. The van der Waals surface area contributed by atoms with Crippen LogP contribution in [0.25, 0.3) is 5.57 Å². The van der Waals surface area contributed by atoms with E-state index in [1.165, 1.54) is 6.26 Å². The molecule has 0 radical (unpaired) electrons. The minimum absolute atomic E-state index is 0.0282. The van der Waals surface area contributed by atoms with Crippen LogP contribution in [-0.4, -0.2) is 29.9 Å². The van der Waals surface area contributed by atoms with Gasteiger partial charge in [0.1, 0.15) is 11.5 Å². The van der Waals surface area contributed by atoms with Crippen molar-refractivity contribution in [2.24, 2.45) is 0 Å². The number of rotatable bonds is 9. The van der Waals surface area contributed by atoms with E-state index in [4.69, 9.17) is 25.5 Å². The molecule has 1 aliphatic heterocycles. The zero-order chi connectivity index (χ0) is 23.4. The van der Waals surface area contributed by atoms with Crippen molar-refractivity contribution in [3.8, 4) is 11.5 Å². The highest BCUT2D eigenvalue weighted by Crippen LogP contribution is 2.35. The van der Waals surface area contributed by atoms with Crippen LogP contribution in [0.5, 0.6) is 11.5 Å². The van der Waals surface area contributed by atoms with Gasteiger partial charge in [-0.1, -0.05) is 23.7 Å². The van der Waals surface area contributed by atoms with Crippen LogP contribution >= 0.6 is 11.6 Å². The van der Waals surface area contributed by atoms with Crippen LogP contribution in [0.15, 0.2) is 71.0 Å². The molecular formula is C25H23ClN2O5. The second kappa shape index (κ2) is 9.83. The topological polar surface area (TPSA) is 81.0 Å². The molecule has 1 aliphatic rings. The minimum Gasteiger partial charge on any atom is -0.490 e. The smallest absolute Gasteiger partial charge is 0.278 e.